The normalized spacial score (nSPS) is 29.7. The van der Waals surface area contributed by atoms with Crippen molar-refractivity contribution in [2.45, 2.75) is 38.5 Å². The van der Waals surface area contributed by atoms with Crippen molar-refractivity contribution in [1.29, 1.82) is 0 Å². The first kappa shape index (κ1) is 10.5. The lowest BCUT2D eigenvalue weighted by Crippen LogP contribution is -2.26. The molecular weight excluding hydrogens is 190 g/mol. The summed E-state index contributed by atoms with van der Waals surface area (Å²) in [6, 6.07) is 0. The van der Waals surface area contributed by atoms with Crippen LogP contribution in [-0.2, 0) is 5.41 Å². The summed E-state index contributed by atoms with van der Waals surface area (Å²) in [5.41, 5.74) is 5.92. The summed E-state index contributed by atoms with van der Waals surface area (Å²) >= 11 is 0. The fourth-order valence-electron chi connectivity index (χ4n) is 2.78. The molecule has 15 heavy (non-hydrogen) atoms. The average molecular weight is 209 g/mol. The van der Waals surface area contributed by atoms with Gasteiger partial charge in [-0.1, -0.05) is 26.7 Å². The molecule has 1 aliphatic rings. The Hall–Kier alpha value is -0.970. The second-order valence-electron chi connectivity index (χ2n) is 4.50. The predicted octanol–water partition coefficient (Wildman–Crippen LogP) is 0.852. The molecule has 1 heterocycles. The van der Waals surface area contributed by atoms with Crippen molar-refractivity contribution in [2.24, 2.45) is 17.6 Å². The molecule has 0 aromatic carbocycles. The number of H-pyrrole nitrogens is 1. The lowest BCUT2D eigenvalue weighted by Gasteiger charge is -2.17. The maximum atomic E-state index is 5.88. The van der Waals surface area contributed by atoms with Gasteiger partial charge in [0.25, 0.3) is 0 Å². The van der Waals surface area contributed by atoms with Crippen LogP contribution in [0.5, 0.6) is 0 Å². The molecule has 2 unspecified atom stereocenters. The van der Waals surface area contributed by atoms with Crippen LogP contribution in [0.3, 0.4) is 0 Å². The summed E-state index contributed by atoms with van der Waals surface area (Å²) < 4.78 is 0. The molecule has 0 aliphatic heterocycles. The summed E-state index contributed by atoms with van der Waals surface area (Å²) in [5, 5.41) is 14.2. The first-order chi connectivity index (χ1) is 7.28. The van der Waals surface area contributed by atoms with Gasteiger partial charge in [0.1, 0.15) is 0 Å². The Morgan fingerprint density at radius 3 is 2.73 bits per heavy atom. The molecule has 84 valence electrons. The highest BCUT2D eigenvalue weighted by atomic mass is 15.5. The molecule has 5 heteroatoms. The lowest BCUT2D eigenvalue weighted by molar-refractivity contribution is 0.385. The van der Waals surface area contributed by atoms with Crippen LogP contribution in [0.15, 0.2) is 0 Å². The largest absolute Gasteiger partial charge is 0.329 e. The lowest BCUT2D eigenvalue weighted by atomic mass is 9.90. The standard InChI is InChI=1S/C10H19N5/c1-3-7(4-2)8-5-10(8,6-11)9-12-14-15-13-9/h7-8H,3-6,11H2,1-2H3,(H,12,13,14,15). The Kier molecular flexibility index (Phi) is 2.73. The van der Waals surface area contributed by atoms with Crippen LogP contribution in [0.2, 0.25) is 0 Å². The molecule has 2 rings (SSSR count). The Morgan fingerprint density at radius 2 is 2.27 bits per heavy atom. The van der Waals surface area contributed by atoms with Gasteiger partial charge in [-0.05, 0) is 28.7 Å². The number of hydrogen-bond donors (Lipinski definition) is 2. The molecule has 1 saturated carbocycles. The van der Waals surface area contributed by atoms with E-state index in [9.17, 15) is 0 Å². The monoisotopic (exact) mass is 209 g/mol. The van der Waals surface area contributed by atoms with Crippen LogP contribution in [-0.4, -0.2) is 27.2 Å². The zero-order chi connectivity index (χ0) is 10.9. The fraction of sp³-hybridized carbons (Fsp3) is 0.900. The van der Waals surface area contributed by atoms with Crippen LogP contribution < -0.4 is 5.73 Å². The van der Waals surface area contributed by atoms with Gasteiger partial charge < -0.3 is 5.73 Å². The molecule has 5 nitrogen and oxygen atoms in total. The zero-order valence-electron chi connectivity index (χ0n) is 9.40. The zero-order valence-corrected chi connectivity index (χ0v) is 9.40. The Labute approximate surface area is 89.8 Å². The third kappa shape index (κ3) is 1.55. The maximum Gasteiger partial charge on any atom is 0.156 e. The van der Waals surface area contributed by atoms with E-state index in [0.717, 1.165) is 18.2 Å². The van der Waals surface area contributed by atoms with Gasteiger partial charge in [-0.15, -0.1) is 5.10 Å². The average Bonchev–Trinajstić information content (AvgIpc) is 2.76. The van der Waals surface area contributed by atoms with E-state index in [1.54, 1.807) is 0 Å². The van der Waals surface area contributed by atoms with Gasteiger partial charge in [-0.3, -0.25) is 0 Å². The van der Waals surface area contributed by atoms with Crippen LogP contribution >= 0.6 is 0 Å². The third-order valence-corrected chi connectivity index (χ3v) is 3.93. The van der Waals surface area contributed by atoms with E-state index in [-0.39, 0.29) is 5.41 Å². The van der Waals surface area contributed by atoms with Gasteiger partial charge in [-0.25, -0.2) is 5.10 Å². The quantitative estimate of drug-likeness (QED) is 0.753. The van der Waals surface area contributed by atoms with Crippen molar-refractivity contribution in [3.05, 3.63) is 5.82 Å². The van der Waals surface area contributed by atoms with Gasteiger partial charge in [0.2, 0.25) is 0 Å². The molecule has 2 atom stereocenters. The van der Waals surface area contributed by atoms with E-state index in [2.05, 4.69) is 34.5 Å². The molecule has 0 bridgehead atoms. The number of aromatic amines is 1. The van der Waals surface area contributed by atoms with Crippen LogP contribution in [0, 0.1) is 11.8 Å². The van der Waals surface area contributed by atoms with Gasteiger partial charge in [-0.2, -0.15) is 0 Å². The third-order valence-electron chi connectivity index (χ3n) is 3.93. The van der Waals surface area contributed by atoms with Crippen molar-refractivity contribution in [1.82, 2.24) is 20.6 Å². The van der Waals surface area contributed by atoms with E-state index in [1.165, 1.54) is 12.8 Å². The molecule has 1 aromatic heterocycles. The van der Waals surface area contributed by atoms with Crippen LogP contribution in [0.25, 0.3) is 0 Å². The molecule has 0 spiro atoms. The molecular formula is C10H19N5. The minimum absolute atomic E-state index is 0.0419. The smallest absolute Gasteiger partial charge is 0.156 e. The summed E-state index contributed by atoms with van der Waals surface area (Å²) in [5.74, 6) is 2.28. The number of rotatable bonds is 5. The number of nitrogens with zero attached hydrogens (tertiary/aromatic N) is 3. The maximum absolute atomic E-state index is 5.88. The first-order valence-corrected chi connectivity index (χ1v) is 5.72. The topological polar surface area (TPSA) is 80.5 Å². The van der Waals surface area contributed by atoms with Gasteiger partial charge >= 0.3 is 0 Å². The Bertz CT molecular complexity index is 306. The summed E-state index contributed by atoms with van der Waals surface area (Å²) in [4.78, 5) is 0. The summed E-state index contributed by atoms with van der Waals surface area (Å²) in [6.45, 7) is 5.13. The molecule has 1 fully saturated rings. The number of nitrogens with two attached hydrogens (primary N) is 1. The SMILES string of the molecule is CCC(CC)C1CC1(CN)c1nnn[nH]1. The second-order valence-corrected chi connectivity index (χ2v) is 4.50. The predicted molar refractivity (Wildman–Crippen MR) is 57.1 cm³/mol. The Balaban J connectivity index is 2.15. The molecule has 0 amide bonds. The second kappa shape index (κ2) is 3.89. The summed E-state index contributed by atoms with van der Waals surface area (Å²) in [7, 11) is 0. The molecule has 0 saturated heterocycles. The van der Waals surface area contributed by atoms with Crippen molar-refractivity contribution in [3.63, 3.8) is 0 Å². The van der Waals surface area contributed by atoms with E-state index in [0.29, 0.717) is 12.5 Å². The van der Waals surface area contributed by atoms with Crippen molar-refractivity contribution >= 4 is 0 Å². The molecule has 1 aromatic rings. The van der Waals surface area contributed by atoms with Crippen molar-refractivity contribution in [2.75, 3.05) is 6.54 Å². The van der Waals surface area contributed by atoms with E-state index in [4.69, 9.17) is 5.73 Å². The number of aromatic nitrogens is 4. The molecule has 1 aliphatic carbocycles. The van der Waals surface area contributed by atoms with Gasteiger partial charge in [0.05, 0.1) is 0 Å². The molecule has 0 radical (unpaired) electrons. The fourth-order valence-corrected chi connectivity index (χ4v) is 2.78. The van der Waals surface area contributed by atoms with Crippen molar-refractivity contribution < 1.29 is 0 Å². The Morgan fingerprint density at radius 1 is 1.53 bits per heavy atom. The number of nitrogens with one attached hydrogen (secondary N) is 1. The van der Waals surface area contributed by atoms with E-state index >= 15 is 0 Å². The summed E-state index contributed by atoms with van der Waals surface area (Å²) in [6.07, 6.45) is 3.56. The van der Waals surface area contributed by atoms with Crippen LogP contribution in [0.4, 0.5) is 0 Å². The molecule has 3 N–H and O–H groups in total. The van der Waals surface area contributed by atoms with Crippen molar-refractivity contribution in [3.8, 4) is 0 Å². The minimum Gasteiger partial charge on any atom is -0.329 e. The van der Waals surface area contributed by atoms with E-state index in [1.807, 2.05) is 0 Å². The minimum atomic E-state index is 0.0419. The number of tetrazole rings is 1. The van der Waals surface area contributed by atoms with Gasteiger partial charge in [0.15, 0.2) is 5.82 Å². The highest BCUT2D eigenvalue weighted by Crippen LogP contribution is 2.57. The van der Waals surface area contributed by atoms with Crippen LogP contribution in [0.1, 0.15) is 38.9 Å². The highest BCUT2D eigenvalue weighted by Gasteiger charge is 2.58. The first-order valence-electron chi connectivity index (χ1n) is 5.72. The number of hydrogen-bond acceptors (Lipinski definition) is 4. The highest BCUT2D eigenvalue weighted by molar-refractivity contribution is 5.22. The van der Waals surface area contributed by atoms with Gasteiger partial charge in [0, 0.05) is 12.0 Å². The van der Waals surface area contributed by atoms with E-state index < -0.39 is 0 Å².